The number of piperidine rings is 1. The lowest BCUT2D eigenvalue weighted by molar-refractivity contribution is 0.0299. The molecule has 3 amide bonds. The van der Waals surface area contributed by atoms with Gasteiger partial charge in [0.1, 0.15) is 0 Å². The van der Waals surface area contributed by atoms with Crippen molar-refractivity contribution in [3.05, 3.63) is 35.8 Å². The molecule has 2 aliphatic heterocycles. The van der Waals surface area contributed by atoms with Crippen LogP contribution in [-0.2, 0) is 4.74 Å². The molecular weight excluding hydrogens is 380 g/mol. The first-order valence-electron chi connectivity index (χ1n) is 9.41. The lowest BCUT2D eigenvalue weighted by Crippen LogP contribution is -2.42. The Morgan fingerprint density at radius 2 is 2.07 bits per heavy atom. The fourth-order valence-corrected chi connectivity index (χ4v) is 4.14. The van der Waals surface area contributed by atoms with Crippen molar-refractivity contribution >= 4 is 28.5 Å². The zero-order valence-corrected chi connectivity index (χ0v) is 16.2. The molecule has 0 radical (unpaired) electrons. The minimum atomic E-state index is -0.240. The summed E-state index contributed by atoms with van der Waals surface area (Å²) < 4.78 is 9.17. The highest BCUT2D eigenvalue weighted by molar-refractivity contribution is 7.10. The van der Waals surface area contributed by atoms with Gasteiger partial charge in [-0.05, 0) is 30.9 Å². The smallest absolute Gasteiger partial charge is 0.323 e. The molecule has 0 saturated carbocycles. The summed E-state index contributed by atoms with van der Waals surface area (Å²) in [7, 11) is 0. The Balaban J connectivity index is 1.49. The van der Waals surface area contributed by atoms with Crippen molar-refractivity contribution < 1.29 is 14.3 Å². The minimum Gasteiger partial charge on any atom is -0.378 e. The number of carbonyl (C=O) groups is 2. The van der Waals surface area contributed by atoms with Crippen molar-refractivity contribution in [2.24, 2.45) is 0 Å². The summed E-state index contributed by atoms with van der Waals surface area (Å²) in [5.74, 6) is -0.227. The maximum atomic E-state index is 13.0. The molecule has 1 atom stereocenters. The normalized spacial score (nSPS) is 20.1. The van der Waals surface area contributed by atoms with Crippen LogP contribution >= 0.6 is 11.5 Å². The molecule has 1 N–H and O–H groups in total. The molecule has 2 aliphatic rings. The van der Waals surface area contributed by atoms with Crippen LogP contribution in [0.25, 0.3) is 0 Å². The van der Waals surface area contributed by atoms with Crippen LogP contribution in [0, 0.1) is 0 Å². The van der Waals surface area contributed by atoms with Gasteiger partial charge < -0.3 is 14.5 Å². The van der Waals surface area contributed by atoms with Crippen LogP contribution in [0.5, 0.6) is 0 Å². The molecule has 0 aliphatic carbocycles. The van der Waals surface area contributed by atoms with Gasteiger partial charge in [0.25, 0.3) is 5.91 Å². The summed E-state index contributed by atoms with van der Waals surface area (Å²) in [6.45, 7) is 2.69. The molecule has 0 bridgehead atoms. The second-order valence-electron chi connectivity index (χ2n) is 6.78. The number of likely N-dealkylation sites (tertiary alicyclic amines) is 1. The minimum absolute atomic E-state index is 0.0262. The van der Waals surface area contributed by atoms with Gasteiger partial charge in [0, 0.05) is 43.6 Å². The van der Waals surface area contributed by atoms with Gasteiger partial charge in [0.2, 0.25) is 0 Å². The van der Waals surface area contributed by atoms with Crippen molar-refractivity contribution in [3.8, 4) is 0 Å². The van der Waals surface area contributed by atoms with Gasteiger partial charge in [0.05, 0.1) is 19.3 Å². The number of morpholine rings is 1. The van der Waals surface area contributed by atoms with Crippen molar-refractivity contribution in [2.45, 2.75) is 25.3 Å². The number of nitrogens with zero attached hydrogens (tertiary/aromatic N) is 5. The average Bonchev–Trinajstić information content (AvgIpc) is 3.22. The highest BCUT2D eigenvalue weighted by Gasteiger charge is 2.30. The van der Waals surface area contributed by atoms with E-state index < -0.39 is 0 Å². The van der Waals surface area contributed by atoms with E-state index in [0.29, 0.717) is 37.8 Å². The van der Waals surface area contributed by atoms with Crippen LogP contribution in [0.2, 0.25) is 0 Å². The van der Waals surface area contributed by atoms with Crippen LogP contribution in [-0.4, -0.2) is 69.2 Å². The number of nitrogens with one attached hydrogen (secondary N) is 1. The van der Waals surface area contributed by atoms with E-state index in [4.69, 9.17) is 4.74 Å². The highest BCUT2D eigenvalue weighted by Crippen LogP contribution is 2.31. The number of anilines is 1. The Hall–Kier alpha value is -2.59. The zero-order chi connectivity index (χ0) is 19.3. The molecule has 2 saturated heterocycles. The van der Waals surface area contributed by atoms with E-state index >= 15 is 0 Å². The molecule has 148 valence electrons. The summed E-state index contributed by atoms with van der Waals surface area (Å²) in [6, 6.07) is 3.61. The first kappa shape index (κ1) is 18.8. The van der Waals surface area contributed by atoms with Crippen LogP contribution in [0.15, 0.2) is 24.5 Å². The monoisotopic (exact) mass is 402 g/mol. The Bertz CT molecular complexity index is 824. The van der Waals surface area contributed by atoms with Gasteiger partial charge in [-0.3, -0.25) is 15.1 Å². The maximum Gasteiger partial charge on any atom is 0.323 e. The second-order valence-corrected chi connectivity index (χ2v) is 7.53. The topological polar surface area (TPSA) is 101 Å². The fraction of sp³-hybridized carbons (Fsp3) is 0.500. The van der Waals surface area contributed by atoms with E-state index in [1.54, 1.807) is 17.3 Å². The molecule has 4 heterocycles. The summed E-state index contributed by atoms with van der Waals surface area (Å²) in [5, 5.41) is 7.21. The van der Waals surface area contributed by atoms with E-state index in [0.717, 1.165) is 36.4 Å². The first-order valence-corrected chi connectivity index (χ1v) is 10.2. The standard InChI is InChI=1S/C18H22N6O3S/c25-17(23-8-10-27-11-9-23)15-16(28-22-21-15)20-18(26)24-7-2-1-5-14(24)13-4-3-6-19-12-13/h3-4,6,12,14H,1-2,5,7-11H2,(H,20,26). The van der Waals surface area contributed by atoms with E-state index in [1.807, 2.05) is 17.0 Å². The van der Waals surface area contributed by atoms with Crippen LogP contribution < -0.4 is 5.32 Å². The third-order valence-electron chi connectivity index (χ3n) is 5.04. The van der Waals surface area contributed by atoms with Crippen molar-refractivity contribution in [1.82, 2.24) is 24.4 Å². The first-order chi connectivity index (χ1) is 13.7. The SMILES string of the molecule is O=C(c1nnsc1NC(=O)N1CCCCC1c1cccnc1)N1CCOCC1. The molecule has 4 rings (SSSR count). The van der Waals surface area contributed by atoms with Crippen LogP contribution in [0.1, 0.15) is 41.4 Å². The predicted molar refractivity (Wildman–Crippen MR) is 103 cm³/mol. The van der Waals surface area contributed by atoms with E-state index in [2.05, 4.69) is 19.9 Å². The molecule has 2 aromatic heterocycles. The lowest BCUT2D eigenvalue weighted by atomic mass is 9.97. The van der Waals surface area contributed by atoms with Crippen molar-refractivity contribution in [1.29, 1.82) is 0 Å². The molecule has 1 unspecified atom stereocenters. The predicted octanol–water partition coefficient (Wildman–Crippen LogP) is 2.16. The number of aromatic nitrogens is 3. The summed E-state index contributed by atoms with van der Waals surface area (Å²) in [5.41, 5.74) is 1.21. The number of hydrogen-bond donors (Lipinski definition) is 1. The second kappa shape index (κ2) is 8.61. The largest absolute Gasteiger partial charge is 0.378 e. The number of urea groups is 1. The molecular formula is C18H22N6O3S. The summed E-state index contributed by atoms with van der Waals surface area (Å²) in [6.07, 6.45) is 6.43. The fourth-order valence-electron chi connectivity index (χ4n) is 3.59. The number of hydrogen-bond acceptors (Lipinski definition) is 7. The quantitative estimate of drug-likeness (QED) is 0.844. The number of amides is 3. The van der Waals surface area contributed by atoms with E-state index in [1.165, 1.54) is 0 Å². The van der Waals surface area contributed by atoms with Crippen LogP contribution in [0.3, 0.4) is 0 Å². The van der Waals surface area contributed by atoms with Crippen LogP contribution in [0.4, 0.5) is 9.80 Å². The molecule has 9 nitrogen and oxygen atoms in total. The number of carbonyl (C=O) groups excluding carboxylic acids is 2. The molecule has 10 heteroatoms. The Labute approximate surface area is 166 Å². The Morgan fingerprint density at radius 1 is 1.21 bits per heavy atom. The Morgan fingerprint density at radius 3 is 2.86 bits per heavy atom. The van der Waals surface area contributed by atoms with Gasteiger partial charge in [-0.25, -0.2) is 4.79 Å². The number of pyridine rings is 1. The molecule has 0 aromatic carbocycles. The molecule has 2 aromatic rings. The summed E-state index contributed by atoms with van der Waals surface area (Å²) in [4.78, 5) is 33.4. The van der Waals surface area contributed by atoms with Crippen molar-refractivity contribution in [2.75, 3.05) is 38.2 Å². The van der Waals surface area contributed by atoms with E-state index in [-0.39, 0.29) is 23.7 Å². The average molecular weight is 402 g/mol. The third-order valence-corrected chi connectivity index (χ3v) is 5.68. The molecule has 28 heavy (non-hydrogen) atoms. The van der Waals surface area contributed by atoms with Gasteiger partial charge in [-0.2, -0.15) is 0 Å². The van der Waals surface area contributed by atoms with Crippen molar-refractivity contribution in [3.63, 3.8) is 0 Å². The third kappa shape index (κ3) is 3.97. The maximum absolute atomic E-state index is 13.0. The lowest BCUT2D eigenvalue weighted by Gasteiger charge is -2.35. The van der Waals surface area contributed by atoms with E-state index in [9.17, 15) is 9.59 Å². The van der Waals surface area contributed by atoms with Gasteiger partial charge >= 0.3 is 6.03 Å². The number of rotatable bonds is 3. The molecule has 2 fully saturated rings. The zero-order valence-electron chi connectivity index (χ0n) is 15.4. The van der Waals surface area contributed by atoms with Gasteiger partial charge in [-0.15, -0.1) is 5.10 Å². The van der Waals surface area contributed by atoms with Gasteiger partial charge in [0.15, 0.2) is 10.7 Å². The molecule has 0 spiro atoms. The summed E-state index contributed by atoms with van der Waals surface area (Å²) >= 11 is 1.02. The van der Waals surface area contributed by atoms with Gasteiger partial charge in [-0.1, -0.05) is 10.6 Å². The Kier molecular flexibility index (Phi) is 5.77. The highest BCUT2D eigenvalue weighted by atomic mass is 32.1. The number of ether oxygens (including phenoxy) is 1.